The van der Waals surface area contributed by atoms with Crippen LogP contribution in [0.1, 0.15) is 40.1 Å². The third kappa shape index (κ3) is 7.17. The number of aliphatic carboxylic acids is 1. The second-order valence-corrected chi connectivity index (χ2v) is 9.14. The first-order valence-corrected chi connectivity index (χ1v) is 12.3. The summed E-state index contributed by atoms with van der Waals surface area (Å²) in [7, 11) is 3.37. The molecule has 1 unspecified atom stereocenters. The molecular weight excluding hydrogens is 520 g/mol. The standard InChI is InChI=1S/C26H32N8O6/c1-17(6-5-10-27-2)34(18-7-8-20(28-12-18)24(37)30-14-23(35)36)26(40)31(3)19-9-11-33(15-19)16-22-29-13-21(25(38)39)32(22)4/h5-8,10,12-13,19H,2,9,11,14-16H2,1,3-4H3,(H,30,37)(H,35,36)(H,38,39)/b10-5-,17-6+. The van der Waals surface area contributed by atoms with E-state index in [1.165, 1.54) is 29.6 Å². The van der Waals surface area contributed by atoms with Crippen LogP contribution in [0.5, 0.6) is 0 Å². The monoisotopic (exact) mass is 552 g/mol. The lowest BCUT2D eigenvalue weighted by atomic mass is 10.2. The number of imidazole rings is 1. The van der Waals surface area contributed by atoms with Gasteiger partial charge < -0.3 is 25.0 Å². The zero-order valence-electron chi connectivity index (χ0n) is 22.5. The largest absolute Gasteiger partial charge is 0.480 e. The number of amides is 3. The van der Waals surface area contributed by atoms with Crippen LogP contribution in [0.3, 0.4) is 0 Å². The summed E-state index contributed by atoms with van der Waals surface area (Å²) >= 11 is 0. The van der Waals surface area contributed by atoms with E-state index in [1.807, 2.05) is 0 Å². The number of allylic oxidation sites excluding steroid dienone is 3. The first-order valence-electron chi connectivity index (χ1n) is 12.3. The van der Waals surface area contributed by atoms with Crippen molar-refractivity contribution in [2.45, 2.75) is 25.9 Å². The number of anilines is 1. The van der Waals surface area contributed by atoms with Crippen molar-refractivity contribution < 1.29 is 29.4 Å². The number of carbonyl (C=O) groups excluding carboxylic acids is 2. The molecule has 40 heavy (non-hydrogen) atoms. The van der Waals surface area contributed by atoms with Gasteiger partial charge in [0.25, 0.3) is 5.91 Å². The van der Waals surface area contributed by atoms with Crippen molar-refractivity contribution in [1.29, 1.82) is 0 Å². The second-order valence-electron chi connectivity index (χ2n) is 9.14. The van der Waals surface area contributed by atoms with Gasteiger partial charge in [-0.2, -0.15) is 0 Å². The molecule has 1 saturated heterocycles. The number of aliphatic imine (C=N–C) groups is 1. The minimum atomic E-state index is -1.18. The smallest absolute Gasteiger partial charge is 0.354 e. The van der Waals surface area contributed by atoms with Gasteiger partial charge in [0, 0.05) is 45.1 Å². The maximum atomic E-state index is 13.8. The van der Waals surface area contributed by atoms with Gasteiger partial charge in [-0.25, -0.2) is 19.6 Å². The van der Waals surface area contributed by atoms with E-state index in [0.717, 1.165) is 0 Å². The molecule has 3 heterocycles. The summed E-state index contributed by atoms with van der Waals surface area (Å²) < 4.78 is 1.55. The summed E-state index contributed by atoms with van der Waals surface area (Å²) in [5.41, 5.74) is 1.08. The Morgan fingerprint density at radius 3 is 2.58 bits per heavy atom. The summed E-state index contributed by atoms with van der Waals surface area (Å²) in [5.74, 6) is -2.25. The molecule has 0 bridgehead atoms. The molecule has 2 aromatic rings. The van der Waals surface area contributed by atoms with E-state index in [0.29, 0.717) is 43.3 Å². The number of carboxylic acids is 2. The van der Waals surface area contributed by atoms with Gasteiger partial charge in [0.15, 0.2) is 0 Å². The average Bonchev–Trinajstić information content (AvgIpc) is 3.54. The molecule has 14 heteroatoms. The van der Waals surface area contributed by atoms with Crippen LogP contribution in [0.2, 0.25) is 0 Å². The molecular formula is C26H32N8O6. The fourth-order valence-electron chi connectivity index (χ4n) is 4.26. The van der Waals surface area contributed by atoms with E-state index in [1.54, 1.807) is 48.7 Å². The highest BCUT2D eigenvalue weighted by atomic mass is 16.4. The summed E-state index contributed by atoms with van der Waals surface area (Å²) in [5, 5.41) is 20.3. The number of carboxylic acid groups (broad SMARTS) is 2. The number of rotatable bonds is 11. The molecule has 1 atom stereocenters. The Kier molecular flexibility index (Phi) is 9.86. The molecule has 3 rings (SSSR count). The Hall–Kier alpha value is -4.85. The lowest BCUT2D eigenvalue weighted by Crippen LogP contribution is -2.46. The number of likely N-dealkylation sites (N-methyl/N-ethyl adjacent to an activating group) is 1. The molecule has 212 valence electrons. The van der Waals surface area contributed by atoms with Gasteiger partial charge in [-0.1, -0.05) is 0 Å². The molecule has 0 radical (unpaired) electrons. The van der Waals surface area contributed by atoms with Crippen molar-refractivity contribution in [3.05, 3.63) is 65.8 Å². The molecule has 0 saturated carbocycles. The van der Waals surface area contributed by atoms with Crippen molar-refractivity contribution in [3.8, 4) is 0 Å². The number of pyridine rings is 1. The van der Waals surface area contributed by atoms with Crippen LogP contribution >= 0.6 is 0 Å². The van der Waals surface area contributed by atoms with Gasteiger partial charge in [0.1, 0.15) is 23.8 Å². The number of likely N-dealkylation sites (tertiary alicyclic amines) is 1. The molecule has 1 fully saturated rings. The zero-order chi connectivity index (χ0) is 29.4. The summed E-state index contributed by atoms with van der Waals surface area (Å²) in [4.78, 5) is 65.2. The molecule has 1 aliphatic rings. The highest BCUT2D eigenvalue weighted by Crippen LogP contribution is 2.24. The van der Waals surface area contributed by atoms with Crippen molar-refractivity contribution in [2.75, 3.05) is 31.6 Å². The minimum Gasteiger partial charge on any atom is -0.480 e. The molecule has 3 amide bonds. The second kappa shape index (κ2) is 13.3. The van der Waals surface area contributed by atoms with Gasteiger partial charge in [-0.15, -0.1) is 0 Å². The van der Waals surface area contributed by atoms with Crippen molar-refractivity contribution >= 4 is 36.3 Å². The van der Waals surface area contributed by atoms with Crippen LogP contribution in [0.15, 0.2) is 53.6 Å². The van der Waals surface area contributed by atoms with Crippen molar-refractivity contribution in [2.24, 2.45) is 12.0 Å². The number of urea groups is 1. The van der Waals surface area contributed by atoms with Crippen molar-refractivity contribution in [3.63, 3.8) is 0 Å². The topological polar surface area (TPSA) is 174 Å². The minimum absolute atomic E-state index is 0.00918. The fraction of sp³-hybridized carbons (Fsp3) is 0.346. The summed E-state index contributed by atoms with van der Waals surface area (Å²) in [6.45, 7) is 6.31. The first-order chi connectivity index (χ1) is 19.0. The van der Waals surface area contributed by atoms with Crippen LogP contribution in [0.25, 0.3) is 0 Å². The number of hydrogen-bond donors (Lipinski definition) is 3. The van der Waals surface area contributed by atoms with Gasteiger partial charge in [0.05, 0.1) is 24.6 Å². The first kappa shape index (κ1) is 29.7. The molecule has 3 N–H and O–H groups in total. The van der Waals surface area contributed by atoms with Crippen LogP contribution in [0.4, 0.5) is 10.5 Å². The van der Waals surface area contributed by atoms with Crippen LogP contribution in [-0.2, 0) is 18.4 Å². The molecule has 0 aromatic carbocycles. The van der Waals surface area contributed by atoms with Gasteiger partial charge >= 0.3 is 18.0 Å². The van der Waals surface area contributed by atoms with Gasteiger partial charge in [-0.3, -0.25) is 24.4 Å². The summed E-state index contributed by atoms with van der Waals surface area (Å²) in [6.07, 6.45) is 8.22. The van der Waals surface area contributed by atoms with Crippen molar-refractivity contribution in [1.82, 2.24) is 29.7 Å². The quantitative estimate of drug-likeness (QED) is 0.276. The summed E-state index contributed by atoms with van der Waals surface area (Å²) in [6, 6.07) is 2.53. The van der Waals surface area contributed by atoms with Gasteiger partial charge in [0.2, 0.25) is 0 Å². The van der Waals surface area contributed by atoms with Crippen LogP contribution < -0.4 is 10.2 Å². The molecule has 14 nitrogen and oxygen atoms in total. The number of aromatic nitrogens is 3. The van der Waals surface area contributed by atoms with E-state index < -0.39 is 24.4 Å². The maximum Gasteiger partial charge on any atom is 0.354 e. The Labute approximate surface area is 230 Å². The van der Waals surface area contributed by atoms with E-state index in [4.69, 9.17) is 5.11 Å². The number of aromatic carboxylic acids is 1. The molecule has 0 spiro atoms. The number of hydrogen-bond acceptors (Lipinski definition) is 8. The van der Waals surface area contributed by atoms with E-state index in [2.05, 4.69) is 31.9 Å². The Bertz CT molecular complexity index is 1330. The van der Waals surface area contributed by atoms with E-state index in [9.17, 15) is 24.3 Å². The molecule has 1 aliphatic heterocycles. The number of nitrogens with one attached hydrogen (secondary N) is 1. The highest BCUT2D eigenvalue weighted by Gasteiger charge is 2.32. The van der Waals surface area contributed by atoms with Crippen LogP contribution in [0, 0.1) is 0 Å². The Morgan fingerprint density at radius 1 is 1.23 bits per heavy atom. The number of carbonyl (C=O) groups is 4. The third-order valence-electron chi connectivity index (χ3n) is 6.48. The average molecular weight is 553 g/mol. The van der Waals surface area contributed by atoms with Crippen LogP contribution in [-0.4, -0.2) is 97.9 Å². The lowest BCUT2D eigenvalue weighted by molar-refractivity contribution is -0.135. The lowest BCUT2D eigenvalue weighted by Gasteiger charge is -2.32. The highest BCUT2D eigenvalue weighted by molar-refractivity contribution is 5.97. The van der Waals surface area contributed by atoms with E-state index in [-0.39, 0.29) is 23.5 Å². The zero-order valence-corrected chi connectivity index (χ0v) is 22.5. The maximum absolute atomic E-state index is 13.8. The predicted molar refractivity (Wildman–Crippen MR) is 146 cm³/mol. The third-order valence-corrected chi connectivity index (χ3v) is 6.48. The number of nitrogens with zero attached hydrogens (tertiary/aromatic N) is 7. The molecule has 2 aromatic heterocycles. The SMILES string of the molecule is C=N/C=C\C=C(/C)N(C(=O)N(C)C1CCN(Cc2ncc(C(=O)O)n2C)C1)c1ccc(C(=O)NCC(=O)O)nc1. The van der Waals surface area contributed by atoms with E-state index >= 15 is 0 Å². The fourth-order valence-corrected chi connectivity index (χ4v) is 4.26. The predicted octanol–water partition coefficient (Wildman–Crippen LogP) is 1.58. The van der Waals surface area contributed by atoms with Gasteiger partial charge in [-0.05, 0) is 44.3 Å². The Morgan fingerprint density at radius 2 is 1.98 bits per heavy atom. The normalized spacial score (nSPS) is 15.7. The molecule has 0 aliphatic carbocycles. The Balaban J connectivity index is 1.77.